The molecule has 0 spiro atoms. The molecular formula is C17H20N4. The van der Waals surface area contributed by atoms with Crippen molar-refractivity contribution in [3.63, 3.8) is 0 Å². The average Bonchev–Trinajstić information content (AvgIpc) is 2.96. The lowest BCUT2D eigenvalue weighted by Gasteiger charge is -2.09. The summed E-state index contributed by atoms with van der Waals surface area (Å²) in [6.45, 7) is 6.07. The molecule has 2 aromatic heterocycles. The third-order valence-corrected chi connectivity index (χ3v) is 3.56. The van der Waals surface area contributed by atoms with E-state index in [2.05, 4.69) is 48.5 Å². The summed E-state index contributed by atoms with van der Waals surface area (Å²) in [6, 6.07) is 12.5. The van der Waals surface area contributed by atoms with Crippen LogP contribution in [0.15, 0.2) is 42.6 Å². The highest BCUT2D eigenvalue weighted by Crippen LogP contribution is 2.18. The molecule has 3 rings (SSSR count). The molecule has 0 unspecified atom stereocenters. The normalized spacial score (nSPS) is 11.1. The summed E-state index contributed by atoms with van der Waals surface area (Å²) in [5, 5.41) is 9.00. The highest BCUT2D eigenvalue weighted by molar-refractivity contribution is 5.79. The molecule has 0 radical (unpaired) electrons. The second-order valence-electron chi connectivity index (χ2n) is 5.07. The molecule has 4 nitrogen and oxygen atoms in total. The largest absolute Gasteiger partial charge is 0.313 e. The number of benzene rings is 1. The Kier molecular flexibility index (Phi) is 3.97. The predicted octanol–water partition coefficient (Wildman–Crippen LogP) is 3.09. The molecule has 108 valence electrons. The number of hydrogen-bond donors (Lipinski definition) is 1. The summed E-state index contributed by atoms with van der Waals surface area (Å²) in [4.78, 5) is 4.73. The Morgan fingerprint density at radius 2 is 2.00 bits per heavy atom. The van der Waals surface area contributed by atoms with E-state index in [0.717, 1.165) is 41.9 Å². The zero-order valence-corrected chi connectivity index (χ0v) is 12.5. The highest BCUT2D eigenvalue weighted by atomic mass is 15.3. The second kappa shape index (κ2) is 6.06. The standard InChI is InChI=1S/C17H20N4/c1-3-15-9-13(11-18-4-2)10-17(20-15)21-16-8-6-5-7-14(16)12-19-21/h5-10,12,18H,3-4,11H2,1-2H3. The number of nitrogens with zero attached hydrogens (tertiary/aromatic N) is 3. The maximum absolute atomic E-state index is 4.73. The highest BCUT2D eigenvalue weighted by Gasteiger charge is 2.08. The van der Waals surface area contributed by atoms with Crippen LogP contribution in [0.2, 0.25) is 0 Å². The van der Waals surface area contributed by atoms with Crippen LogP contribution < -0.4 is 5.32 Å². The van der Waals surface area contributed by atoms with Gasteiger partial charge in [-0.25, -0.2) is 9.67 Å². The van der Waals surface area contributed by atoms with Crippen molar-refractivity contribution in [3.8, 4) is 5.82 Å². The molecule has 0 aliphatic heterocycles. The summed E-state index contributed by atoms with van der Waals surface area (Å²) >= 11 is 0. The predicted molar refractivity (Wildman–Crippen MR) is 85.6 cm³/mol. The molecule has 0 fully saturated rings. The Bertz CT molecular complexity index is 745. The first-order valence-electron chi connectivity index (χ1n) is 7.45. The summed E-state index contributed by atoms with van der Waals surface area (Å²) < 4.78 is 1.92. The summed E-state index contributed by atoms with van der Waals surface area (Å²) in [5.74, 6) is 0.892. The molecule has 3 aromatic rings. The molecule has 0 aliphatic carbocycles. The number of nitrogens with one attached hydrogen (secondary N) is 1. The van der Waals surface area contributed by atoms with Crippen LogP contribution in [0, 0.1) is 0 Å². The van der Waals surface area contributed by atoms with Gasteiger partial charge < -0.3 is 5.32 Å². The van der Waals surface area contributed by atoms with E-state index in [1.165, 1.54) is 5.56 Å². The van der Waals surface area contributed by atoms with E-state index in [-0.39, 0.29) is 0 Å². The minimum Gasteiger partial charge on any atom is -0.313 e. The Morgan fingerprint density at radius 3 is 2.81 bits per heavy atom. The lowest BCUT2D eigenvalue weighted by Crippen LogP contribution is -2.13. The van der Waals surface area contributed by atoms with Gasteiger partial charge in [-0.3, -0.25) is 0 Å². The van der Waals surface area contributed by atoms with E-state index in [1.807, 2.05) is 23.0 Å². The van der Waals surface area contributed by atoms with Crippen LogP contribution >= 0.6 is 0 Å². The monoisotopic (exact) mass is 280 g/mol. The van der Waals surface area contributed by atoms with E-state index >= 15 is 0 Å². The molecule has 0 amide bonds. The fraction of sp³-hybridized carbons (Fsp3) is 0.294. The van der Waals surface area contributed by atoms with Gasteiger partial charge in [-0.1, -0.05) is 32.0 Å². The van der Waals surface area contributed by atoms with Crippen LogP contribution in [0.5, 0.6) is 0 Å². The Hall–Kier alpha value is -2.20. The Balaban J connectivity index is 2.08. The fourth-order valence-electron chi connectivity index (χ4n) is 2.45. The van der Waals surface area contributed by atoms with Crippen molar-refractivity contribution in [3.05, 3.63) is 53.9 Å². The van der Waals surface area contributed by atoms with Gasteiger partial charge in [0.1, 0.15) is 0 Å². The zero-order valence-electron chi connectivity index (χ0n) is 12.5. The molecule has 0 saturated carbocycles. The van der Waals surface area contributed by atoms with Crippen molar-refractivity contribution in [1.29, 1.82) is 0 Å². The first-order chi connectivity index (χ1) is 10.3. The second-order valence-corrected chi connectivity index (χ2v) is 5.07. The van der Waals surface area contributed by atoms with Gasteiger partial charge in [0.05, 0.1) is 11.7 Å². The number of aromatic nitrogens is 3. The van der Waals surface area contributed by atoms with Crippen molar-refractivity contribution >= 4 is 10.9 Å². The van der Waals surface area contributed by atoms with Crippen LogP contribution in [0.3, 0.4) is 0 Å². The Morgan fingerprint density at radius 1 is 1.14 bits per heavy atom. The lowest BCUT2D eigenvalue weighted by molar-refractivity contribution is 0.721. The molecule has 1 N–H and O–H groups in total. The number of aryl methyl sites for hydroxylation is 1. The first-order valence-corrected chi connectivity index (χ1v) is 7.45. The van der Waals surface area contributed by atoms with Gasteiger partial charge in [-0.15, -0.1) is 0 Å². The maximum atomic E-state index is 4.73. The van der Waals surface area contributed by atoms with E-state index < -0.39 is 0 Å². The number of fused-ring (bicyclic) bond motifs is 1. The number of para-hydroxylation sites is 1. The molecule has 0 saturated heterocycles. The van der Waals surface area contributed by atoms with Crippen molar-refractivity contribution in [1.82, 2.24) is 20.1 Å². The maximum Gasteiger partial charge on any atom is 0.154 e. The van der Waals surface area contributed by atoms with E-state index in [9.17, 15) is 0 Å². The van der Waals surface area contributed by atoms with E-state index in [0.29, 0.717) is 0 Å². The molecule has 4 heteroatoms. The van der Waals surface area contributed by atoms with Gasteiger partial charge in [0.15, 0.2) is 5.82 Å². The third kappa shape index (κ3) is 2.81. The smallest absolute Gasteiger partial charge is 0.154 e. The van der Waals surface area contributed by atoms with Gasteiger partial charge in [-0.05, 0) is 36.7 Å². The van der Waals surface area contributed by atoms with Crippen molar-refractivity contribution < 1.29 is 0 Å². The summed E-state index contributed by atoms with van der Waals surface area (Å²) in [7, 11) is 0. The number of pyridine rings is 1. The van der Waals surface area contributed by atoms with Gasteiger partial charge in [-0.2, -0.15) is 5.10 Å². The van der Waals surface area contributed by atoms with Crippen molar-refractivity contribution in [2.24, 2.45) is 0 Å². The lowest BCUT2D eigenvalue weighted by atomic mass is 10.2. The Labute approximate surface area is 124 Å². The van der Waals surface area contributed by atoms with Crippen LogP contribution in [0.25, 0.3) is 16.7 Å². The van der Waals surface area contributed by atoms with Gasteiger partial charge in [0.2, 0.25) is 0 Å². The summed E-state index contributed by atoms with van der Waals surface area (Å²) in [6.07, 6.45) is 2.81. The van der Waals surface area contributed by atoms with E-state index in [1.54, 1.807) is 0 Å². The van der Waals surface area contributed by atoms with Crippen LogP contribution in [0.4, 0.5) is 0 Å². The van der Waals surface area contributed by atoms with Crippen LogP contribution in [-0.2, 0) is 13.0 Å². The molecule has 2 heterocycles. The van der Waals surface area contributed by atoms with Gasteiger partial charge in [0, 0.05) is 17.6 Å². The van der Waals surface area contributed by atoms with Crippen LogP contribution in [-0.4, -0.2) is 21.3 Å². The zero-order chi connectivity index (χ0) is 14.7. The molecule has 1 aromatic carbocycles. The van der Waals surface area contributed by atoms with Gasteiger partial charge in [0.25, 0.3) is 0 Å². The van der Waals surface area contributed by atoms with Gasteiger partial charge >= 0.3 is 0 Å². The quantitative estimate of drug-likeness (QED) is 0.781. The van der Waals surface area contributed by atoms with E-state index in [4.69, 9.17) is 4.98 Å². The summed E-state index contributed by atoms with van der Waals surface area (Å²) in [5.41, 5.74) is 3.44. The number of rotatable bonds is 5. The third-order valence-electron chi connectivity index (χ3n) is 3.56. The average molecular weight is 280 g/mol. The minimum absolute atomic E-state index is 0.859. The minimum atomic E-state index is 0.859. The topological polar surface area (TPSA) is 42.7 Å². The number of hydrogen-bond acceptors (Lipinski definition) is 3. The molecule has 0 atom stereocenters. The fourth-order valence-corrected chi connectivity index (χ4v) is 2.45. The van der Waals surface area contributed by atoms with Crippen molar-refractivity contribution in [2.75, 3.05) is 6.54 Å². The first kappa shape index (κ1) is 13.8. The molecule has 0 bridgehead atoms. The molecular weight excluding hydrogens is 260 g/mol. The van der Waals surface area contributed by atoms with Crippen molar-refractivity contribution in [2.45, 2.75) is 26.8 Å². The van der Waals surface area contributed by atoms with Crippen LogP contribution in [0.1, 0.15) is 25.1 Å². The SMILES string of the molecule is CCNCc1cc(CC)nc(-n2ncc3ccccc32)c1. The molecule has 21 heavy (non-hydrogen) atoms. The molecule has 0 aliphatic rings.